The molecule has 0 fully saturated rings. The van der Waals surface area contributed by atoms with Gasteiger partial charge in [-0.25, -0.2) is 0 Å². The molecule has 0 radical (unpaired) electrons. The van der Waals surface area contributed by atoms with Gasteiger partial charge < -0.3 is 20.9 Å². The Morgan fingerprint density at radius 3 is 2.64 bits per heavy atom. The molecule has 0 aliphatic carbocycles. The third kappa shape index (κ3) is 5.16. The fourth-order valence-electron chi connectivity index (χ4n) is 0.773. The number of primary amides is 1. The quantitative estimate of drug-likeness (QED) is 0.509. The van der Waals surface area contributed by atoms with Crippen molar-refractivity contribution < 1.29 is 14.6 Å². The first-order valence-corrected chi connectivity index (χ1v) is 4.71. The van der Waals surface area contributed by atoms with Crippen molar-refractivity contribution in [2.75, 3.05) is 19.8 Å². The molecule has 1 atom stereocenters. The van der Waals surface area contributed by atoms with Crippen molar-refractivity contribution in [2.24, 2.45) is 5.73 Å². The molecule has 0 rings (SSSR count). The molecule has 1 unspecified atom stereocenters. The summed E-state index contributed by atoms with van der Waals surface area (Å²) in [5.41, 5.74) is 4.34. The summed E-state index contributed by atoms with van der Waals surface area (Å²) >= 11 is 0. The maximum absolute atomic E-state index is 10.9. The molecule has 84 valence electrons. The van der Waals surface area contributed by atoms with Gasteiger partial charge in [0.05, 0.1) is 18.2 Å². The number of hydrogen-bond donors (Lipinski definition) is 3. The van der Waals surface area contributed by atoms with E-state index >= 15 is 0 Å². The molecule has 0 aromatic heterocycles. The summed E-state index contributed by atoms with van der Waals surface area (Å²) in [5.74, 6) is -0.443. The number of hydrogen-bond acceptors (Lipinski definition) is 4. The average molecular weight is 204 g/mol. The van der Waals surface area contributed by atoms with Crippen LogP contribution in [0.25, 0.3) is 0 Å². The van der Waals surface area contributed by atoms with Crippen LogP contribution in [0.3, 0.4) is 0 Å². The predicted octanol–water partition coefficient (Wildman–Crippen LogP) is -0.763. The van der Waals surface area contributed by atoms with E-state index in [9.17, 15) is 9.90 Å². The van der Waals surface area contributed by atoms with Crippen molar-refractivity contribution in [3.63, 3.8) is 0 Å². The van der Waals surface area contributed by atoms with E-state index in [1.165, 1.54) is 0 Å². The van der Waals surface area contributed by atoms with Crippen LogP contribution < -0.4 is 11.1 Å². The SMILES string of the molecule is CCOCC(O)CNC(C)(C)C(N)=O. The van der Waals surface area contributed by atoms with Gasteiger partial charge in [0.2, 0.25) is 5.91 Å². The maximum atomic E-state index is 10.9. The number of aliphatic hydroxyl groups excluding tert-OH is 1. The van der Waals surface area contributed by atoms with Crippen LogP contribution in [0, 0.1) is 0 Å². The number of carbonyl (C=O) groups is 1. The molecule has 0 saturated carbocycles. The predicted molar refractivity (Wildman–Crippen MR) is 53.8 cm³/mol. The van der Waals surface area contributed by atoms with Gasteiger partial charge in [0.1, 0.15) is 0 Å². The van der Waals surface area contributed by atoms with Crippen molar-refractivity contribution in [1.82, 2.24) is 5.32 Å². The highest BCUT2D eigenvalue weighted by atomic mass is 16.5. The zero-order chi connectivity index (χ0) is 11.2. The summed E-state index contributed by atoms with van der Waals surface area (Å²) in [6.07, 6.45) is -0.617. The first kappa shape index (κ1) is 13.4. The summed E-state index contributed by atoms with van der Waals surface area (Å²) in [4.78, 5) is 10.9. The highest BCUT2D eigenvalue weighted by molar-refractivity contribution is 5.83. The largest absolute Gasteiger partial charge is 0.389 e. The molecular weight excluding hydrogens is 184 g/mol. The van der Waals surface area contributed by atoms with E-state index in [0.29, 0.717) is 6.61 Å². The minimum Gasteiger partial charge on any atom is -0.389 e. The third-order valence-corrected chi connectivity index (χ3v) is 1.91. The van der Waals surface area contributed by atoms with Crippen LogP contribution in [0.5, 0.6) is 0 Å². The van der Waals surface area contributed by atoms with Gasteiger partial charge >= 0.3 is 0 Å². The summed E-state index contributed by atoms with van der Waals surface area (Å²) < 4.78 is 5.01. The van der Waals surface area contributed by atoms with Crippen molar-refractivity contribution in [3.8, 4) is 0 Å². The fourth-order valence-corrected chi connectivity index (χ4v) is 0.773. The van der Waals surface area contributed by atoms with Gasteiger partial charge in [-0.1, -0.05) is 0 Å². The van der Waals surface area contributed by atoms with Crippen LogP contribution in [-0.4, -0.2) is 42.4 Å². The Balaban J connectivity index is 3.75. The Labute approximate surface area is 84.6 Å². The normalized spacial score (nSPS) is 14.0. The van der Waals surface area contributed by atoms with Crippen LogP contribution in [0.15, 0.2) is 0 Å². The zero-order valence-corrected chi connectivity index (χ0v) is 9.04. The first-order chi connectivity index (χ1) is 6.40. The standard InChI is InChI=1S/C9H20N2O3/c1-4-14-6-7(12)5-11-9(2,3)8(10)13/h7,11-12H,4-6H2,1-3H3,(H2,10,13). The molecule has 0 bridgehead atoms. The van der Waals surface area contributed by atoms with E-state index < -0.39 is 17.6 Å². The Bertz CT molecular complexity index is 183. The van der Waals surface area contributed by atoms with Gasteiger partial charge in [-0.3, -0.25) is 4.79 Å². The lowest BCUT2D eigenvalue weighted by Gasteiger charge is -2.24. The van der Waals surface area contributed by atoms with Crippen molar-refractivity contribution in [3.05, 3.63) is 0 Å². The highest BCUT2D eigenvalue weighted by Crippen LogP contribution is 2.00. The summed E-state index contributed by atoms with van der Waals surface area (Å²) in [6.45, 7) is 6.31. The van der Waals surface area contributed by atoms with Crippen LogP contribution in [-0.2, 0) is 9.53 Å². The first-order valence-electron chi connectivity index (χ1n) is 4.71. The van der Waals surface area contributed by atoms with Gasteiger partial charge in [0, 0.05) is 13.2 Å². The highest BCUT2D eigenvalue weighted by Gasteiger charge is 2.24. The second-order valence-electron chi connectivity index (χ2n) is 3.68. The molecule has 5 nitrogen and oxygen atoms in total. The van der Waals surface area contributed by atoms with Gasteiger partial charge in [-0.15, -0.1) is 0 Å². The number of nitrogens with two attached hydrogens (primary N) is 1. The lowest BCUT2D eigenvalue weighted by molar-refractivity contribution is -0.123. The topological polar surface area (TPSA) is 84.6 Å². The number of β-amino-alcohol motifs (C(OH)–C–C–N with tert-alkyl or cyclic N) is 1. The van der Waals surface area contributed by atoms with E-state index in [-0.39, 0.29) is 13.2 Å². The second kappa shape index (κ2) is 5.95. The molecule has 0 spiro atoms. The smallest absolute Gasteiger partial charge is 0.237 e. The number of aliphatic hydroxyl groups is 1. The molecule has 0 aromatic carbocycles. The van der Waals surface area contributed by atoms with Gasteiger partial charge in [0.15, 0.2) is 0 Å². The number of carbonyl (C=O) groups excluding carboxylic acids is 1. The average Bonchev–Trinajstić information content (AvgIpc) is 2.11. The molecule has 0 aliphatic heterocycles. The van der Waals surface area contributed by atoms with Crippen LogP contribution in [0.1, 0.15) is 20.8 Å². The lowest BCUT2D eigenvalue weighted by Crippen LogP contribution is -2.53. The molecular formula is C9H20N2O3. The Hall–Kier alpha value is -0.650. The van der Waals surface area contributed by atoms with E-state index in [0.717, 1.165) is 0 Å². The van der Waals surface area contributed by atoms with Gasteiger partial charge in [-0.05, 0) is 20.8 Å². The molecule has 14 heavy (non-hydrogen) atoms. The molecule has 0 aromatic rings. The van der Waals surface area contributed by atoms with E-state index in [4.69, 9.17) is 10.5 Å². The molecule has 0 saturated heterocycles. The summed E-state index contributed by atoms with van der Waals surface area (Å²) in [7, 11) is 0. The molecule has 0 aliphatic rings. The minimum absolute atomic E-state index is 0.262. The van der Waals surface area contributed by atoms with Gasteiger partial charge in [0.25, 0.3) is 0 Å². The lowest BCUT2D eigenvalue weighted by atomic mass is 10.1. The number of nitrogens with one attached hydrogen (secondary N) is 1. The van der Waals surface area contributed by atoms with Crippen molar-refractivity contribution in [2.45, 2.75) is 32.4 Å². The van der Waals surface area contributed by atoms with E-state index in [1.807, 2.05) is 6.92 Å². The number of rotatable bonds is 7. The van der Waals surface area contributed by atoms with E-state index in [1.54, 1.807) is 13.8 Å². The third-order valence-electron chi connectivity index (χ3n) is 1.91. The van der Waals surface area contributed by atoms with Crippen LogP contribution >= 0.6 is 0 Å². The fraction of sp³-hybridized carbons (Fsp3) is 0.889. The summed E-state index contributed by atoms with van der Waals surface area (Å²) in [6, 6.07) is 0. The Morgan fingerprint density at radius 2 is 2.21 bits per heavy atom. The molecule has 4 N–H and O–H groups in total. The molecule has 1 amide bonds. The van der Waals surface area contributed by atoms with Crippen molar-refractivity contribution >= 4 is 5.91 Å². The molecule has 5 heteroatoms. The van der Waals surface area contributed by atoms with E-state index in [2.05, 4.69) is 5.32 Å². The minimum atomic E-state index is -0.798. The monoisotopic (exact) mass is 204 g/mol. The van der Waals surface area contributed by atoms with Gasteiger partial charge in [-0.2, -0.15) is 0 Å². The Kier molecular flexibility index (Phi) is 5.68. The second-order valence-corrected chi connectivity index (χ2v) is 3.68. The zero-order valence-electron chi connectivity index (χ0n) is 9.04. The Morgan fingerprint density at radius 1 is 1.64 bits per heavy atom. The van der Waals surface area contributed by atoms with Crippen LogP contribution in [0.2, 0.25) is 0 Å². The maximum Gasteiger partial charge on any atom is 0.237 e. The number of ether oxygens (including phenoxy) is 1. The molecule has 0 heterocycles. The van der Waals surface area contributed by atoms with Crippen molar-refractivity contribution in [1.29, 1.82) is 0 Å². The van der Waals surface area contributed by atoms with Crippen LogP contribution in [0.4, 0.5) is 0 Å². The summed E-state index contributed by atoms with van der Waals surface area (Å²) in [5, 5.41) is 12.2. The number of amides is 1.